The summed E-state index contributed by atoms with van der Waals surface area (Å²) >= 11 is 0. The average molecular weight is 277 g/mol. The third-order valence-electron chi connectivity index (χ3n) is 3.57. The number of aliphatic carboxylic acids is 1. The number of likely N-dealkylation sites (tertiary alicyclic amines) is 1. The summed E-state index contributed by atoms with van der Waals surface area (Å²) in [6.45, 7) is 1.16. The fourth-order valence-corrected chi connectivity index (χ4v) is 2.39. The molecule has 1 saturated heterocycles. The van der Waals surface area contributed by atoms with Crippen LogP contribution in [0.5, 0.6) is 0 Å². The molecule has 0 unspecified atom stereocenters. The highest BCUT2D eigenvalue weighted by Gasteiger charge is 2.24. The Balaban J connectivity index is 1.86. The Labute approximate surface area is 117 Å². The summed E-state index contributed by atoms with van der Waals surface area (Å²) in [6, 6.07) is 6.92. The molecule has 2 amide bonds. The molecule has 1 aromatic rings. The van der Waals surface area contributed by atoms with E-state index in [0.717, 1.165) is 12.8 Å². The van der Waals surface area contributed by atoms with Crippen LogP contribution in [-0.4, -0.2) is 35.1 Å². The molecule has 0 spiro atoms. The average Bonchev–Trinajstić information content (AvgIpc) is 2.41. The van der Waals surface area contributed by atoms with Crippen molar-refractivity contribution in [3.05, 3.63) is 24.3 Å². The molecule has 6 nitrogen and oxygen atoms in total. The molecular formula is C14H19N3O3. The number of hydrogen-bond donors (Lipinski definition) is 3. The predicted molar refractivity (Wildman–Crippen MR) is 76.4 cm³/mol. The zero-order valence-corrected chi connectivity index (χ0v) is 11.2. The molecule has 108 valence electrons. The second kappa shape index (κ2) is 6.27. The maximum absolute atomic E-state index is 12.1. The summed E-state index contributed by atoms with van der Waals surface area (Å²) in [5.74, 6) is -0.608. The van der Waals surface area contributed by atoms with Gasteiger partial charge in [0.15, 0.2) is 0 Å². The SMILES string of the molecule is Nc1ccccc1NC(=O)N1CCC(CC(=O)O)CC1. The fraction of sp³-hybridized carbons (Fsp3) is 0.429. The molecule has 6 heteroatoms. The zero-order valence-electron chi connectivity index (χ0n) is 11.2. The van der Waals surface area contributed by atoms with Gasteiger partial charge in [0.2, 0.25) is 0 Å². The number of carboxylic acids is 1. The highest BCUT2D eigenvalue weighted by atomic mass is 16.4. The van der Waals surface area contributed by atoms with Gasteiger partial charge in [-0.25, -0.2) is 4.79 Å². The standard InChI is InChI=1S/C14H19N3O3/c15-11-3-1-2-4-12(11)16-14(20)17-7-5-10(6-8-17)9-13(18)19/h1-4,10H,5-9,15H2,(H,16,20)(H,18,19). The Kier molecular flexibility index (Phi) is 4.45. The van der Waals surface area contributed by atoms with Crippen molar-refractivity contribution in [1.82, 2.24) is 4.90 Å². The van der Waals surface area contributed by atoms with Crippen LogP contribution in [0.2, 0.25) is 0 Å². The van der Waals surface area contributed by atoms with Gasteiger partial charge in [0.25, 0.3) is 0 Å². The van der Waals surface area contributed by atoms with Crippen LogP contribution in [0, 0.1) is 5.92 Å². The van der Waals surface area contributed by atoms with Crippen molar-refractivity contribution in [1.29, 1.82) is 0 Å². The maximum Gasteiger partial charge on any atom is 0.321 e. The lowest BCUT2D eigenvalue weighted by atomic mass is 9.94. The van der Waals surface area contributed by atoms with Crippen LogP contribution in [0.3, 0.4) is 0 Å². The number of nitrogen functional groups attached to an aromatic ring is 1. The zero-order chi connectivity index (χ0) is 14.5. The van der Waals surface area contributed by atoms with Gasteiger partial charge < -0.3 is 21.1 Å². The Morgan fingerprint density at radius 3 is 2.55 bits per heavy atom. The number of piperidine rings is 1. The largest absolute Gasteiger partial charge is 0.481 e. The first kappa shape index (κ1) is 14.2. The number of benzene rings is 1. The lowest BCUT2D eigenvalue weighted by Crippen LogP contribution is -2.41. The van der Waals surface area contributed by atoms with Crippen LogP contribution in [0.15, 0.2) is 24.3 Å². The van der Waals surface area contributed by atoms with E-state index in [2.05, 4.69) is 5.32 Å². The Morgan fingerprint density at radius 2 is 1.95 bits per heavy atom. The second-order valence-electron chi connectivity index (χ2n) is 5.05. The molecule has 1 heterocycles. The molecule has 1 aliphatic heterocycles. The van der Waals surface area contributed by atoms with Crippen molar-refractivity contribution in [3.63, 3.8) is 0 Å². The number of para-hydroxylation sites is 2. The fourth-order valence-electron chi connectivity index (χ4n) is 2.39. The van der Waals surface area contributed by atoms with Gasteiger partial charge in [-0.05, 0) is 30.9 Å². The smallest absolute Gasteiger partial charge is 0.321 e. The molecule has 2 rings (SSSR count). The number of anilines is 2. The third kappa shape index (κ3) is 3.63. The van der Waals surface area contributed by atoms with Crippen molar-refractivity contribution in [2.75, 3.05) is 24.1 Å². The summed E-state index contributed by atoms with van der Waals surface area (Å²) in [7, 11) is 0. The number of hydrogen-bond acceptors (Lipinski definition) is 3. The first-order valence-corrected chi connectivity index (χ1v) is 6.68. The normalized spacial score (nSPS) is 15.9. The van der Waals surface area contributed by atoms with Crippen LogP contribution >= 0.6 is 0 Å². The number of carbonyl (C=O) groups is 2. The van der Waals surface area contributed by atoms with E-state index in [1.807, 2.05) is 12.1 Å². The number of nitrogens with one attached hydrogen (secondary N) is 1. The number of carboxylic acid groups (broad SMARTS) is 1. The summed E-state index contributed by atoms with van der Waals surface area (Å²) < 4.78 is 0. The van der Waals surface area contributed by atoms with Gasteiger partial charge >= 0.3 is 12.0 Å². The minimum absolute atomic E-state index is 0.165. The van der Waals surface area contributed by atoms with E-state index in [1.54, 1.807) is 17.0 Å². The molecule has 0 radical (unpaired) electrons. The molecule has 1 fully saturated rings. The summed E-state index contributed by atoms with van der Waals surface area (Å²) in [4.78, 5) is 24.4. The van der Waals surface area contributed by atoms with E-state index in [4.69, 9.17) is 10.8 Å². The van der Waals surface area contributed by atoms with E-state index < -0.39 is 5.97 Å². The highest BCUT2D eigenvalue weighted by molar-refractivity contribution is 5.92. The van der Waals surface area contributed by atoms with E-state index in [9.17, 15) is 9.59 Å². The van der Waals surface area contributed by atoms with Gasteiger partial charge in [-0.1, -0.05) is 12.1 Å². The minimum Gasteiger partial charge on any atom is -0.481 e. The molecule has 4 N–H and O–H groups in total. The monoisotopic (exact) mass is 277 g/mol. The molecule has 0 bridgehead atoms. The topological polar surface area (TPSA) is 95.7 Å². The molecule has 0 aliphatic carbocycles. The van der Waals surface area contributed by atoms with Gasteiger partial charge in [-0.15, -0.1) is 0 Å². The quantitative estimate of drug-likeness (QED) is 0.736. The van der Waals surface area contributed by atoms with Crippen LogP contribution in [0.25, 0.3) is 0 Å². The van der Waals surface area contributed by atoms with Crippen LogP contribution in [0.4, 0.5) is 16.2 Å². The first-order chi connectivity index (χ1) is 9.56. The Bertz CT molecular complexity index is 496. The molecule has 0 atom stereocenters. The van der Waals surface area contributed by atoms with Crippen molar-refractivity contribution >= 4 is 23.4 Å². The predicted octanol–water partition coefficient (Wildman–Crippen LogP) is 1.99. The summed E-state index contributed by atoms with van der Waals surface area (Å²) in [6.07, 6.45) is 1.63. The van der Waals surface area contributed by atoms with Crippen molar-refractivity contribution < 1.29 is 14.7 Å². The van der Waals surface area contributed by atoms with E-state index in [1.165, 1.54) is 0 Å². The maximum atomic E-state index is 12.1. The van der Waals surface area contributed by atoms with Crippen molar-refractivity contribution in [3.8, 4) is 0 Å². The third-order valence-corrected chi connectivity index (χ3v) is 3.57. The van der Waals surface area contributed by atoms with Crippen LogP contribution in [0.1, 0.15) is 19.3 Å². The van der Waals surface area contributed by atoms with Crippen molar-refractivity contribution in [2.24, 2.45) is 5.92 Å². The Hall–Kier alpha value is -2.24. The minimum atomic E-state index is -0.773. The van der Waals surface area contributed by atoms with Crippen LogP contribution in [-0.2, 0) is 4.79 Å². The number of urea groups is 1. The van der Waals surface area contributed by atoms with Crippen LogP contribution < -0.4 is 11.1 Å². The van der Waals surface area contributed by atoms with E-state index in [0.29, 0.717) is 24.5 Å². The lowest BCUT2D eigenvalue weighted by molar-refractivity contribution is -0.138. The second-order valence-corrected chi connectivity index (χ2v) is 5.05. The van der Waals surface area contributed by atoms with Gasteiger partial charge in [0.05, 0.1) is 11.4 Å². The summed E-state index contributed by atoms with van der Waals surface area (Å²) in [5, 5.41) is 11.5. The number of nitrogens with two attached hydrogens (primary N) is 1. The molecule has 0 saturated carbocycles. The van der Waals surface area contributed by atoms with E-state index >= 15 is 0 Å². The number of nitrogens with zero attached hydrogens (tertiary/aromatic N) is 1. The van der Waals surface area contributed by atoms with Gasteiger partial charge in [0.1, 0.15) is 0 Å². The molecule has 1 aromatic carbocycles. The lowest BCUT2D eigenvalue weighted by Gasteiger charge is -2.31. The summed E-state index contributed by atoms with van der Waals surface area (Å²) in [5.41, 5.74) is 6.91. The molecule has 1 aliphatic rings. The van der Waals surface area contributed by atoms with Crippen molar-refractivity contribution in [2.45, 2.75) is 19.3 Å². The Morgan fingerprint density at radius 1 is 1.30 bits per heavy atom. The number of carbonyl (C=O) groups excluding carboxylic acids is 1. The number of amides is 2. The molecular weight excluding hydrogens is 258 g/mol. The van der Waals surface area contributed by atoms with Gasteiger partial charge in [-0.3, -0.25) is 4.79 Å². The van der Waals surface area contributed by atoms with Gasteiger partial charge in [0, 0.05) is 19.5 Å². The van der Waals surface area contributed by atoms with E-state index in [-0.39, 0.29) is 18.4 Å². The number of rotatable bonds is 3. The first-order valence-electron chi connectivity index (χ1n) is 6.68. The molecule has 20 heavy (non-hydrogen) atoms. The highest BCUT2D eigenvalue weighted by Crippen LogP contribution is 2.22. The molecule has 0 aromatic heterocycles. The van der Waals surface area contributed by atoms with Gasteiger partial charge in [-0.2, -0.15) is 0 Å².